The van der Waals surface area contributed by atoms with E-state index in [-0.39, 0.29) is 17.9 Å². The minimum atomic E-state index is -0.0799. The van der Waals surface area contributed by atoms with E-state index >= 15 is 0 Å². The number of benzene rings is 2. The van der Waals surface area contributed by atoms with Crippen molar-refractivity contribution in [1.29, 1.82) is 0 Å². The van der Waals surface area contributed by atoms with E-state index in [0.717, 1.165) is 25.8 Å². The first kappa shape index (κ1) is 20.0. The lowest BCUT2D eigenvalue weighted by Gasteiger charge is -2.35. The van der Waals surface area contributed by atoms with Crippen LogP contribution in [0.2, 0.25) is 0 Å². The number of fused-ring (bicyclic) bond motifs is 1. The molecular weight excluding hydrogens is 406 g/mol. The molecule has 1 atom stereocenters. The molecule has 2 heterocycles. The molecule has 158 valence electrons. The molecule has 1 aliphatic carbocycles. The topological polar surface area (TPSA) is 61.4 Å². The minimum Gasteiger partial charge on any atom is -0.349 e. The number of anilines is 1. The Balaban J connectivity index is 1.30. The number of thiophene rings is 1. The van der Waals surface area contributed by atoms with Gasteiger partial charge >= 0.3 is 0 Å². The first-order valence-electron chi connectivity index (χ1n) is 10.7. The molecule has 0 saturated heterocycles. The Hall–Kier alpha value is -2.96. The lowest BCUT2D eigenvalue weighted by Crippen LogP contribution is -2.40. The predicted octanol–water partition coefficient (Wildman–Crippen LogP) is 4.23. The van der Waals surface area contributed by atoms with Crippen LogP contribution in [-0.4, -0.2) is 35.8 Å². The van der Waals surface area contributed by atoms with Gasteiger partial charge in [-0.25, -0.2) is 0 Å². The van der Waals surface area contributed by atoms with Crippen molar-refractivity contribution in [1.82, 2.24) is 10.2 Å². The van der Waals surface area contributed by atoms with Gasteiger partial charge in [-0.15, -0.1) is 11.3 Å². The van der Waals surface area contributed by atoms with E-state index < -0.39 is 0 Å². The number of hydrogen-bond donors (Lipinski definition) is 2. The van der Waals surface area contributed by atoms with Crippen molar-refractivity contribution in [3.8, 4) is 0 Å². The lowest BCUT2D eigenvalue weighted by molar-refractivity contribution is -0.117. The lowest BCUT2D eigenvalue weighted by atomic mass is 9.93. The third kappa shape index (κ3) is 4.55. The van der Waals surface area contributed by atoms with Crippen molar-refractivity contribution in [3.05, 3.63) is 87.6 Å². The molecule has 0 radical (unpaired) electrons. The summed E-state index contributed by atoms with van der Waals surface area (Å²) in [6, 6.07) is 20.1. The van der Waals surface area contributed by atoms with E-state index in [1.165, 1.54) is 16.0 Å². The van der Waals surface area contributed by atoms with Gasteiger partial charge in [0.1, 0.15) is 0 Å². The van der Waals surface area contributed by atoms with Gasteiger partial charge in [-0.1, -0.05) is 36.4 Å². The average molecular weight is 432 g/mol. The summed E-state index contributed by atoms with van der Waals surface area (Å²) >= 11 is 1.80. The summed E-state index contributed by atoms with van der Waals surface area (Å²) in [6.07, 6.45) is 3.05. The van der Waals surface area contributed by atoms with Crippen LogP contribution in [-0.2, 0) is 11.2 Å². The SMILES string of the molecule is O=C(CN1CCc2sccc2C1c1ccccc1)Nc1cccc(C(=O)NC2CC2)c1. The van der Waals surface area contributed by atoms with E-state index in [4.69, 9.17) is 0 Å². The van der Waals surface area contributed by atoms with Crippen molar-refractivity contribution in [2.45, 2.75) is 31.3 Å². The van der Waals surface area contributed by atoms with Gasteiger partial charge in [-0.3, -0.25) is 14.5 Å². The van der Waals surface area contributed by atoms with Crippen molar-refractivity contribution in [2.75, 3.05) is 18.4 Å². The van der Waals surface area contributed by atoms with Gasteiger partial charge in [0.05, 0.1) is 12.6 Å². The normalized spacial score (nSPS) is 18.3. The smallest absolute Gasteiger partial charge is 0.251 e. The highest BCUT2D eigenvalue weighted by Gasteiger charge is 2.30. The number of hydrogen-bond acceptors (Lipinski definition) is 4. The molecule has 6 heteroatoms. The molecule has 0 spiro atoms. The first-order chi connectivity index (χ1) is 15.2. The van der Waals surface area contributed by atoms with Crippen LogP contribution < -0.4 is 10.6 Å². The Morgan fingerprint density at radius 2 is 1.87 bits per heavy atom. The maximum absolute atomic E-state index is 12.9. The van der Waals surface area contributed by atoms with Crippen LogP contribution in [0, 0.1) is 0 Å². The minimum absolute atomic E-state index is 0.0700. The zero-order valence-corrected chi connectivity index (χ0v) is 18.0. The van der Waals surface area contributed by atoms with Gasteiger partial charge in [-0.05, 0) is 60.0 Å². The molecule has 5 nitrogen and oxygen atoms in total. The van der Waals surface area contributed by atoms with Gasteiger partial charge in [-0.2, -0.15) is 0 Å². The van der Waals surface area contributed by atoms with Crippen LogP contribution in [0.15, 0.2) is 66.0 Å². The second-order valence-electron chi connectivity index (χ2n) is 8.21. The highest BCUT2D eigenvalue weighted by Crippen LogP contribution is 2.37. The number of amides is 2. The number of nitrogens with one attached hydrogen (secondary N) is 2. The summed E-state index contributed by atoms with van der Waals surface area (Å²) in [6.45, 7) is 1.14. The highest BCUT2D eigenvalue weighted by atomic mass is 32.1. The fourth-order valence-electron chi connectivity index (χ4n) is 4.18. The van der Waals surface area contributed by atoms with E-state index in [1.54, 1.807) is 23.5 Å². The Morgan fingerprint density at radius 3 is 2.68 bits per heavy atom. The largest absolute Gasteiger partial charge is 0.349 e. The summed E-state index contributed by atoms with van der Waals surface area (Å²) in [7, 11) is 0. The standard InChI is InChI=1S/C25H25N3O2S/c29-23(26-20-8-4-7-18(15-20)25(30)27-19-9-10-19)16-28-13-11-22-21(12-14-31-22)24(28)17-5-2-1-3-6-17/h1-8,12,14-15,19,24H,9-11,13,16H2,(H,26,29)(H,27,30). The van der Waals surface area contributed by atoms with Gasteiger partial charge in [0.15, 0.2) is 0 Å². The van der Waals surface area contributed by atoms with Crippen molar-refractivity contribution in [3.63, 3.8) is 0 Å². The quantitative estimate of drug-likeness (QED) is 0.614. The molecule has 2 aliphatic rings. The summed E-state index contributed by atoms with van der Waals surface area (Å²) < 4.78 is 0. The Kier molecular flexibility index (Phi) is 5.57. The van der Waals surface area contributed by atoms with Crippen LogP contribution in [0.3, 0.4) is 0 Å². The predicted molar refractivity (Wildman–Crippen MR) is 123 cm³/mol. The number of nitrogens with zero attached hydrogens (tertiary/aromatic N) is 1. The average Bonchev–Trinajstić information content (AvgIpc) is 3.47. The van der Waals surface area contributed by atoms with Crippen LogP contribution in [0.1, 0.15) is 45.2 Å². The molecule has 3 aromatic rings. The van der Waals surface area contributed by atoms with Crippen LogP contribution in [0.25, 0.3) is 0 Å². The molecule has 2 N–H and O–H groups in total. The zero-order valence-electron chi connectivity index (χ0n) is 17.2. The summed E-state index contributed by atoms with van der Waals surface area (Å²) in [5.41, 5.74) is 3.73. The molecule has 1 aromatic heterocycles. The molecule has 2 amide bonds. The Bertz CT molecular complexity index is 1090. The van der Waals surface area contributed by atoms with Crippen LogP contribution >= 0.6 is 11.3 Å². The van der Waals surface area contributed by atoms with Gasteiger partial charge in [0.2, 0.25) is 5.91 Å². The Morgan fingerprint density at radius 1 is 1.03 bits per heavy atom. The number of rotatable bonds is 6. The molecule has 1 aliphatic heterocycles. The van der Waals surface area contributed by atoms with E-state index in [9.17, 15) is 9.59 Å². The number of carbonyl (C=O) groups is 2. The van der Waals surface area contributed by atoms with E-state index in [1.807, 2.05) is 30.3 Å². The molecular formula is C25H25N3O2S. The number of carbonyl (C=O) groups excluding carboxylic acids is 2. The van der Waals surface area contributed by atoms with Gasteiger partial charge in [0.25, 0.3) is 5.91 Å². The first-order valence-corrected chi connectivity index (χ1v) is 11.6. The molecule has 1 fully saturated rings. The maximum Gasteiger partial charge on any atom is 0.251 e. The maximum atomic E-state index is 12.9. The highest BCUT2D eigenvalue weighted by molar-refractivity contribution is 7.10. The monoisotopic (exact) mass is 431 g/mol. The molecule has 31 heavy (non-hydrogen) atoms. The summed E-state index contributed by atoms with van der Waals surface area (Å²) in [4.78, 5) is 28.9. The third-order valence-electron chi connectivity index (χ3n) is 5.85. The zero-order chi connectivity index (χ0) is 21.2. The fraction of sp³-hybridized carbons (Fsp3) is 0.280. The Labute approximate surface area is 186 Å². The molecule has 1 saturated carbocycles. The van der Waals surface area contributed by atoms with E-state index in [0.29, 0.717) is 23.8 Å². The fourth-order valence-corrected chi connectivity index (χ4v) is 5.09. The molecule has 1 unspecified atom stereocenters. The summed E-state index contributed by atoms with van der Waals surface area (Å²) in [5, 5.41) is 8.11. The van der Waals surface area contributed by atoms with Gasteiger partial charge < -0.3 is 10.6 Å². The van der Waals surface area contributed by atoms with Crippen LogP contribution in [0.5, 0.6) is 0 Å². The molecule has 5 rings (SSSR count). The molecule has 2 aromatic carbocycles. The van der Waals surface area contributed by atoms with Gasteiger partial charge in [0, 0.05) is 28.7 Å². The van der Waals surface area contributed by atoms with E-state index in [2.05, 4.69) is 39.1 Å². The molecule has 0 bridgehead atoms. The van der Waals surface area contributed by atoms with Crippen molar-refractivity contribution in [2.24, 2.45) is 0 Å². The second kappa shape index (κ2) is 8.65. The summed E-state index contributed by atoms with van der Waals surface area (Å²) in [5.74, 6) is -0.150. The van der Waals surface area contributed by atoms with Crippen molar-refractivity contribution < 1.29 is 9.59 Å². The van der Waals surface area contributed by atoms with Crippen LogP contribution in [0.4, 0.5) is 5.69 Å². The third-order valence-corrected chi connectivity index (χ3v) is 6.85. The second-order valence-corrected chi connectivity index (χ2v) is 9.21. The van der Waals surface area contributed by atoms with Crippen molar-refractivity contribution >= 4 is 28.8 Å².